The number of hydrazine groups is 1. The number of hydrogen-bond acceptors (Lipinski definition) is 4. The first-order chi connectivity index (χ1) is 5.95. The Balaban J connectivity index is 0.00000169. The number of nitrogens with two attached hydrogens (primary N) is 2. The molecule has 5 N–H and O–H groups in total. The topological polar surface area (TPSA) is 98.2 Å². The maximum atomic E-state index is 10.9. The fourth-order valence-corrected chi connectivity index (χ4v) is 1.91. The van der Waals surface area contributed by atoms with Crippen molar-refractivity contribution in [1.29, 1.82) is 0 Å². The number of nitrogen functional groups attached to an aromatic ring is 1. The standard InChI is InChI=1S/C6H8ClN3O2S.ClH/c7-5-3-4(10-8)1-2-6(5)13(9,11)12;/h1-3,10H,8H2,(H2,9,11,12);1H. The molecule has 1 aromatic rings. The minimum Gasteiger partial charge on any atom is -0.324 e. The molecule has 0 aliphatic carbocycles. The Labute approximate surface area is 92.8 Å². The summed E-state index contributed by atoms with van der Waals surface area (Å²) in [5.41, 5.74) is 2.84. The summed E-state index contributed by atoms with van der Waals surface area (Å²) >= 11 is 5.64. The second-order valence-electron chi connectivity index (χ2n) is 2.33. The summed E-state index contributed by atoms with van der Waals surface area (Å²) in [6, 6.07) is 4.12. The minimum atomic E-state index is -3.76. The molecule has 0 spiro atoms. The molecule has 5 nitrogen and oxygen atoms in total. The lowest BCUT2D eigenvalue weighted by Crippen LogP contribution is -2.13. The van der Waals surface area contributed by atoms with Gasteiger partial charge in [-0.15, -0.1) is 12.4 Å². The fraction of sp³-hybridized carbons (Fsp3) is 0. The van der Waals surface area contributed by atoms with Gasteiger partial charge in [-0.1, -0.05) is 11.6 Å². The van der Waals surface area contributed by atoms with Gasteiger partial charge in [0, 0.05) is 0 Å². The molecule has 0 saturated heterocycles. The summed E-state index contributed by atoms with van der Waals surface area (Å²) in [6.07, 6.45) is 0. The average Bonchev–Trinajstić information content (AvgIpc) is 2.01. The molecule has 0 fully saturated rings. The van der Waals surface area contributed by atoms with Crippen molar-refractivity contribution < 1.29 is 8.42 Å². The van der Waals surface area contributed by atoms with Gasteiger partial charge < -0.3 is 5.43 Å². The van der Waals surface area contributed by atoms with Gasteiger partial charge in [-0.05, 0) is 18.2 Å². The van der Waals surface area contributed by atoms with Gasteiger partial charge in [0.2, 0.25) is 10.0 Å². The normalized spacial score (nSPS) is 10.5. The van der Waals surface area contributed by atoms with E-state index in [1.807, 2.05) is 0 Å². The molecule has 8 heteroatoms. The van der Waals surface area contributed by atoms with Crippen LogP contribution in [0.25, 0.3) is 0 Å². The maximum Gasteiger partial charge on any atom is 0.239 e. The molecule has 14 heavy (non-hydrogen) atoms. The molecule has 0 amide bonds. The van der Waals surface area contributed by atoms with Crippen LogP contribution in [0.5, 0.6) is 0 Å². The Hall–Kier alpha value is -0.530. The zero-order chi connectivity index (χ0) is 10.1. The first kappa shape index (κ1) is 13.5. The van der Waals surface area contributed by atoms with E-state index in [-0.39, 0.29) is 22.3 Å². The first-order valence-corrected chi connectivity index (χ1v) is 5.16. The summed E-state index contributed by atoms with van der Waals surface area (Å²) in [5, 5.41) is 4.93. The average molecular weight is 258 g/mol. The molecule has 0 unspecified atom stereocenters. The number of halogens is 2. The predicted octanol–water partition coefficient (Wildman–Crippen LogP) is 0.695. The lowest BCUT2D eigenvalue weighted by Gasteiger charge is -2.03. The largest absolute Gasteiger partial charge is 0.324 e. The van der Waals surface area contributed by atoms with Gasteiger partial charge in [-0.2, -0.15) is 0 Å². The Bertz CT molecular complexity index is 421. The van der Waals surface area contributed by atoms with Gasteiger partial charge in [0.05, 0.1) is 10.7 Å². The van der Waals surface area contributed by atoms with Crippen LogP contribution in [0.3, 0.4) is 0 Å². The third kappa shape index (κ3) is 3.00. The van der Waals surface area contributed by atoms with Crippen molar-refractivity contribution in [3.63, 3.8) is 0 Å². The first-order valence-electron chi connectivity index (χ1n) is 3.24. The molecule has 0 aliphatic rings. The van der Waals surface area contributed by atoms with E-state index in [9.17, 15) is 8.42 Å². The Kier molecular flexibility index (Phi) is 4.63. The van der Waals surface area contributed by atoms with Crippen molar-refractivity contribution in [2.45, 2.75) is 4.90 Å². The number of hydrogen-bond donors (Lipinski definition) is 3. The lowest BCUT2D eigenvalue weighted by atomic mass is 10.3. The lowest BCUT2D eigenvalue weighted by molar-refractivity contribution is 0.598. The second-order valence-corrected chi connectivity index (χ2v) is 4.27. The second kappa shape index (κ2) is 4.81. The van der Waals surface area contributed by atoms with Crippen LogP contribution >= 0.6 is 24.0 Å². The zero-order valence-corrected chi connectivity index (χ0v) is 9.29. The molecular formula is C6H9Cl2N3O2S. The van der Waals surface area contributed by atoms with E-state index in [4.69, 9.17) is 22.6 Å². The SMILES string of the molecule is Cl.NNc1ccc(S(N)(=O)=O)c(Cl)c1. The van der Waals surface area contributed by atoms with Crippen LogP contribution in [-0.4, -0.2) is 8.42 Å². The van der Waals surface area contributed by atoms with Crippen LogP contribution in [0.2, 0.25) is 5.02 Å². The highest BCUT2D eigenvalue weighted by atomic mass is 35.5. The van der Waals surface area contributed by atoms with Crippen LogP contribution in [0.4, 0.5) is 5.69 Å². The number of anilines is 1. The zero-order valence-electron chi connectivity index (χ0n) is 6.90. The van der Waals surface area contributed by atoms with E-state index in [0.717, 1.165) is 0 Å². The molecule has 0 aromatic heterocycles. The summed E-state index contributed by atoms with van der Waals surface area (Å²) in [5.74, 6) is 5.09. The van der Waals surface area contributed by atoms with Gasteiger partial charge in [0.1, 0.15) is 4.90 Å². The van der Waals surface area contributed by atoms with Crippen molar-refractivity contribution >= 4 is 39.7 Å². The van der Waals surface area contributed by atoms with E-state index >= 15 is 0 Å². The highest BCUT2D eigenvalue weighted by Crippen LogP contribution is 2.23. The van der Waals surface area contributed by atoms with Gasteiger partial charge in [-0.3, -0.25) is 5.84 Å². The Morgan fingerprint density at radius 2 is 1.93 bits per heavy atom. The third-order valence-corrected chi connectivity index (χ3v) is 2.80. The molecule has 0 radical (unpaired) electrons. The maximum absolute atomic E-state index is 10.9. The third-order valence-electron chi connectivity index (χ3n) is 1.41. The molecule has 1 rings (SSSR count). The van der Waals surface area contributed by atoms with E-state index in [2.05, 4.69) is 5.43 Å². The number of sulfonamides is 1. The van der Waals surface area contributed by atoms with E-state index in [1.165, 1.54) is 18.2 Å². The van der Waals surface area contributed by atoms with E-state index in [1.54, 1.807) is 0 Å². The summed E-state index contributed by atoms with van der Waals surface area (Å²) < 4.78 is 21.8. The van der Waals surface area contributed by atoms with Crippen molar-refractivity contribution in [2.24, 2.45) is 11.0 Å². The van der Waals surface area contributed by atoms with Crippen LogP contribution < -0.4 is 16.4 Å². The smallest absolute Gasteiger partial charge is 0.239 e. The van der Waals surface area contributed by atoms with Gasteiger partial charge in [0.25, 0.3) is 0 Å². The molecular weight excluding hydrogens is 249 g/mol. The summed E-state index contributed by atoms with van der Waals surface area (Å²) in [6.45, 7) is 0. The van der Waals surface area contributed by atoms with E-state index in [0.29, 0.717) is 5.69 Å². The van der Waals surface area contributed by atoms with Crippen LogP contribution in [-0.2, 0) is 10.0 Å². The number of primary sulfonamides is 1. The highest BCUT2D eigenvalue weighted by molar-refractivity contribution is 7.89. The molecule has 0 heterocycles. The van der Waals surface area contributed by atoms with Crippen molar-refractivity contribution in [1.82, 2.24) is 0 Å². The van der Waals surface area contributed by atoms with Crippen molar-refractivity contribution in [3.8, 4) is 0 Å². The Morgan fingerprint density at radius 3 is 2.29 bits per heavy atom. The minimum absolute atomic E-state index is 0. The van der Waals surface area contributed by atoms with Crippen molar-refractivity contribution in [2.75, 3.05) is 5.43 Å². The van der Waals surface area contributed by atoms with Crippen LogP contribution in [0.15, 0.2) is 23.1 Å². The van der Waals surface area contributed by atoms with Gasteiger partial charge >= 0.3 is 0 Å². The number of benzene rings is 1. The van der Waals surface area contributed by atoms with Crippen LogP contribution in [0, 0.1) is 0 Å². The van der Waals surface area contributed by atoms with Gasteiger partial charge in [0.15, 0.2) is 0 Å². The molecule has 80 valence electrons. The van der Waals surface area contributed by atoms with Crippen LogP contribution in [0.1, 0.15) is 0 Å². The summed E-state index contributed by atoms with van der Waals surface area (Å²) in [7, 11) is -3.76. The number of nitrogens with one attached hydrogen (secondary N) is 1. The summed E-state index contributed by atoms with van der Waals surface area (Å²) in [4.78, 5) is -0.117. The molecule has 0 bridgehead atoms. The predicted molar refractivity (Wildman–Crippen MR) is 57.9 cm³/mol. The van der Waals surface area contributed by atoms with E-state index < -0.39 is 10.0 Å². The molecule has 0 atom stereocenters. The molecule has 0 saturated carbocycles. The molecule has 1 aromatic carbocycles. The highest BCUT2D eigenvalue weighted by Gasteiger charge is 2.12. The van der Waals surface area contributed by atoms with Gasteiger partial charge in [-0.25, -0.2) is 13.6 Å². The fourth-order valence-electron chi connectivity index (χ4n) is 0.821. The Morgan fingerprint density at radius 1 is 1.36 bits per heavy atom. The molecule has 0 aliphatic heterocycles. The van der Waals surface area contributed by atoms with Crippen molar-refractivity contribution in [3.05, 3.63) is 23.2 Å². The number of rotatable bonds is 2. The quantitative estimate of drug-likeness (QED) is 0.537. The monoisotopic (exact) mass is 257 g/mol.